The highest BCUT2D eigenvalue weighted by molar-refractivity contribution is 6.33. The van der Waals surface area contributed by atoms with E-state index in [2.05, 4.69) is 15.0 Å². The Morgan fingerprint density at radius 3 is 3.00 bits per heavy atom. The molecule has 0 fully saturated rings. The Labute approximate surface area is 79.6 Å². The van der Waals surface area contributed by atoms with Gasteiger partial charge in [0.25, 0.3) is 0 Å². The van der Waals surface area contributed by atoms with Crippen LogP contribution in [0.2, 0.25) is 5.15 Å². The molecule has 2 heterocycles. The number of halogens is 1. The van der Waals surface area contributed by atoms with Crippen LogP contribution in [0.5, 0.6) is 0 Å². The Hall–Kier alpha value is -1.36. The van der Waals surface area contributed by atoms with E-state index in [0.717, 1.165) is 0 Å². The molecule has 0 aliphatic rings. The molecule has 0 saturated carbocycles. The summed E-state index contributed by atoms with van der Waals surface area (Å²) in [6.45, 7) is 2.66. The van der Waals surface area contributed by atoms with Crippen LogP contribution in [0.25, 0.3) is 11.2 Å². The number of aromatic nitrogens is 4. The second-order valence-electron chi connectivity index (χ2n) is 2.55. The molecule has 0 aliphatic carbocycles. The maximum absolute atomic E-state index is 5.89. The lowest BCUT2D eigenvalue weighted by Crippen LogP contribution is -2.01. The van der Waals surface area contributed by atoms with E-state index in [0.29, 0.717) is 28.8 Å². The van der Waals surface area contributed by atoms with Crippen LogP contribution in [0.15, 0.2) is 6.33 Å². The molecule has 0 aromatic carbocycles. The number of hydrogen-bond donors (Lipinski definition) is 1. The quantitative estimate of drug-likeness (QED) is 0.695. The zero-order chi connectivity index (χ0) is 9.42. The number of fused-ring (bicyclic) bond motifs is 1. The molecular weight excluding hydrogens is 190 g/mol. The van der Waals surface area contributed by atoms with E-state index in [1.807, 2.05) is 6.92 Å². The lowest BCUT2D eigenvalue weighted by Gasteiger charge is -2.00. The Morgan fingerprint density at radius 2 is 2.31 bits per heavy atom. The van der Waals surface area contributed by atoms with Crippen molar-refractivity contribution in [1.29, 1.82) is 0 Å². The van der Waals surface area contributed by atoms with Crippen LogP contribution in [0.3, 0.4) is 0 Å². The number of rotatable bonds is 1. The fourth-order valence-corrected chi connectivity index (χ4v) is 1.50. The van der Waals surface area contributed by atoms with Gasteiger partial charge in [-0.1, -0.05) is 11.6 Å². The summed E-state index contributed by atoms with van der Waals surface area (Å²) in [5.74, 6) is 0.417. The van der Waals surface area contributed by atoms with Gasteiger partial charge in [0.05, 0.1) is 0 Å². The highest BCUT2D eigenvalue weighted by Gasteiger charge is 2.11. The van der Waals surface area contributed by atoms with E-state index in [4.69, 9.17) is 17.3 Å². The van der Waals surface area contributed by atoms with Gasteiger partial charge in [-0.25, -0.2) is 9.97 Å². The fraction of sp³-hybridized carbons (Fsp3) is 0.286. The summed E-state index contributed by atoms with van der Waals surface area (Å²) in [6, 6.07) is 0. The van der Waals surface area contributed by atoms with E-state index < -0.39 is 0 Å². The summed E-state index contributed by atoms with van der Waals surface area (Å²) in [5, 5.41) is 0.385. The maximum Gasteiger partial charge on any atom is 0.202 e. The van der Waals surface area contributed by atoms with Crippen LogP contribution in [-0.2, 0) is 6.54 Å². The van der Waals surface area contributed by atoms with Gasteiger partial charge in [0.15, 0.2) is 10.8 Å². The van der Waals surface area contributed by atoms with Crippen LogP contribution in [-0.4, -0.2) is 19.5 Å². The molecule has 0 bridgehead atoms. The Morgan fingerprint density at radius 1 is 1.54 bits per heavy atom. The second-order valence-corrected chi connectivity index (χ2v) is 2.91. The molecule has 5 nitrogen and oxygen atoms in total. The van der Waals surface area contributed by atoms with Crippen LogP contribution in [0.4, 0.5) is 5.95 Å². The van der Waals surface area contributed by atoms with Gasteiger partial charge in [-0.05, 0) is 6.92 Å². The monoisotopic (exact) mass is 197 g/mol. The number of nitrogens with two attached hydrogens (primary N) is 1. The number of hydrogen-bond acceptors (Lipinski definition) is 4. The minimum Gasteiger partial charge on any atom is -0.369 e. The Bertz CT molecular complexity index is 449. The van der Waals surface area contributed by atoms with E-state index in [9.17, 15) is 0 Å². The molecule has 2 aromatic heterocycles. The van der Waals surface area contributed by atoms with Crippen molar-refractivity contribution in [1.82, 2.24) is 19.5 Å². The van der Waals surface area contributed by atoms with Crippen molar-refractivity contribution in [3.05, 3.63) is 11.5 Å². The smallest absolute Gasteiger partial charge is 0.202 e. The van der Waals surface area contributed by atoms with E-state index in [-0.39, 0.29) is 0 Å². The minimum atomic E-state index is 0.385. The first-order valence-electron chi connectivity index (χ1n) is 3.86. The first-order valence-corrected chi connectivity index (χ1v) is 4.24. The number of nitrogens with zero attached hydrogens (tertiary/aromatic N) is 4. The van der Waals surface area contributed by atoms with Crippen LogP contribution in [0, 0.1) is 0 Å². The van der Waals surface area contributed by atoms with Gasteiger partial charge in [-0.15, -0.1) is 0 Å². The first kappa shape index (κ1) is 8.25. The van der Waals surface area contributed by atoms with Crippen molar-refractivity contribution in [2.75, 3.05) is 5.73 Å². The van der Waals surface area contributed by atoms with Crippen molar-refractivity contribution in [3.8, 4) is 0 Å². The van der Waals surface area contributed by atoms with Gasteiger partial charge >= 0.3 is 0 Å². The molecular formula is C7H8ClN5. The normalized spacial score (nSPS) is 10.9. The molecule has 0 unspecified atom stereocenters. The summed E-state index contributed by atoms with van der Waals surface area (Å²) >= 11 is 5.89. The van der Waals surface area contributed by atoms with Gasteiger partial charge in [0, 0.05) is 6.54 Å². The Kier molecular flexibility index (Phi) is 1.81. The lowest BCUT2D eigenvalue weighted by molar-refractivity contribution is 0.798. The topological polar surface area (TPSA) is 69.6 Å². The average Bonchev–Trinajstić information content (AvgIpc) is 2.42. The molecule has 0 amide bonds. The van der Waals surface area contributed by atoms with Crippen LogP contribution < -0.4 is 5.73 Å². The highest BCUT2D eigenvalue weighted by atomic mass is 35.5. The van der Waals surface area contributed by atoms with Crippen molar-refractivity contribution >= 4 is 28.7 Å². The van der Waals surface area contributed by atoms with Gasteiger partial charge in [0.1, 0.15) is 11.8 Å². The highest BCUT2D eigenvalue weighted by Crippen LogP contribution is 2.21. The summed E-state index contributed by atoms with van der Waals surface area (Å²) in [6.07, 6.45) is 1.37. The molecule has 0 spiro atoms. The van der Waals surface area contributed by atoms with Crippen molar-refractivity contribution in [2.24, 2.45) is 0 Å². The van der Waals surface area contributed by atoms with Gasteiger partial charge in [0.2, 0.25) is 5.95 Å². The standard InChI is InChI=1S/C7H8ClN5/c1-2-13-4-5(8)10-3-11-6(4)12-7(13)9/h3H,2H2,1H3,(H2,9,10,11,12). The zero-order valence-electron chi connectivity index (χ0n) is 7.03. The number of imidazole rings is 1. The molecule has 0 saturated heterocycles. The summed E-state index contributed by atoms with van der Waals surface area (Å²) in [7, 11) is 0. The third-order valence-corrected chi connectivity index (χ3v) is 2.12. The third kappa shape index (κ3) is 1.12. The molecule has 2 N–H and O–H groups in total. The first-order chi connectivity index (χ1) is 6.24. The molecule has 68 valence electrons. The lowest BCUT2D eigenvalue weighted by atomic mass is 10.5. The average molecular weight is 198 g/mol. The van der Waals surface area contributed by atoms with Gasteiger partial charge in [-0.3, -0.25) is 0 Å². The van der Waals surface area contributed by atoms with Crippen molar-refractivity contribution < 1.29 is 0 Å². The van der Waals surface area contributed by atoms with E-state index in [1.54, 1.807) is 4.57 Å². The molecule has 13 heavy (non-hydrogen) atoms. The zero-order valence-corrected chi connectivity index (χ0v) is 7.78. The molecule has 2 rings (SSSR count). The Balaban J connectivity index is 2.88. The summed E-state index contributed by atoms with van der Waals surface area (Å²) in [4.78, 5) is 11.9. The molecule has 0 atom stereocenters. The number of nitrogen functional groups attached to an aromatic ring is 1. The maximum atomic E-state index is 5.89. The van der Waals surface area contributed by atoms with Gasteiger partial charge < -0.3 is 10.3 Å². The van der Waals surface area contributed by atoms with Crippen molar-refractivity contribution in [3.63, 3.8) is 0 Å². The minimum absolute atomic E-state index is 0.385. The molecule has 0 aliphatic heterocycles. The second kappa shape index (κ2) is 2.85. The molecule has 0 radical (unpaired) electrons. The number of anilines is 1. The van der Waals surface area contributed by atoms with Gasteiger partial charge in [-0.2, -0.15) is 4.98 Å². The SMILES string of the molecule is CCn1c(N)nc2ncnc(Cl)c21. The molecule has 2 aromatic rings. The predicted octanol–water partition coefficient (Wildman–Crippen LogP) is 1.08. The number of aryl methyl sites for hydroxylation is 1. The van der Waals surface area contributed by atoms with Crippen LogP contribution >= 0.6 is 11.6 Å². The largest absolute Gasteiger partial charge is 0.369 e. The fourth-order valence-electron chi connectivity index (χ4n) is 1.27. The third-order valence-electron chi connectivity index (χ3n) is 1.84. The summed E-state index contributed by atoms with van der Waals surface area (Å²) < 4.78 is 1.78. The molecule has 6 heteroatoms. The van der Waals surface area contributed by atoms with E-state index in [1.165, 1.54) is 6.33 Å². The summed E-state index contributed by atoms with van der Waals surface area (Å²) in [5.41, 5.74) is 6.90. The predicted molar refractivity (Wildman–Crippen MR) is 50.4 cm³/mol. The van der Waals surface area contributed by atoms with Crippen molar-refractivity contribution in [2.45, 2.75) is 13.5 Å². The van der Waals surface area contributed by atoms with Crippen LogP contribution in [0.1, 0.15) is 6.92 Å². The van der Waals surface area contributed by atoms with E-state index >= 15 is 0 Å².